The highest BCUT2D eigenvalue weighted by atomic mass is 16.5. The van der Waals surface area contributed by atoms with Crippen molar-refractivity contribution < 1.29 is 19.4 Å². The summed E-state index contributed by atoms with van der Waals surface area (Å²) in [6, 6.07) is 6.88. The lowest BCUT2D eigenvalue weighted by atomic mass is 10.2. The van der Waals surface area contributed by atoms with Crippen LogP contribution in [-0.2, 0) is 9.59 Å². The van der Waals surface area contributed by atoms with E-state index in [0.717, 1.165) is 11.3 Å². The summed E-state index contributed by atoms with van der Waals surface area (Å²) in [7, 11) is 0. The van der Waals surface area contributed by atoms with Gasteiger partial charge in [0, 0.05) is 6.42 Å². The lowest BCUT2D eigenvalue weighted by Gasteiger charge is -2.12. The van der Waals surface area contributed by atoms with Crippen LogP contribution in [0.15, 0.2) is 24.3 Å². The van der Waals surface area contributed by atoms with Crippen molar-refractivity contribution in [3.05, 3.63) is 29.8 Å². The van der Waals surface area contributed by atoms with Crippen LogP contribution in [-0.4, -0.2) is 29.6 Å². The number of rotatable bonds is 8. The fourth-order valence-electron chi connectivity index (χ4n) is 1.73. The molecular formula is C15H21NO4. The number of hydrogen-bond donors (Lipinski definition) is 2. The Morgan fingerprint density at radius 1 is 1.40 bits per heavy atom. The summed E-state index contributed by atoms with van der Waals surface area (Å²) in [5.74, 6) is -0.480. The summed E-state index contributed by atoms with van der Waals surface area (Å²) in [6.07, 6.45) is 1.19. The van der Waals surface area contributed by atoms with Crippen molar-refractivity contribution in [1.29, 1.82) is 0 Å². The Morgan fingerprint density at radius 3 is 2.75 bits per heavy atom. The Hall–Kier alpha value is -2.04. The molecular weight excluding hydrogens is 258 g/mol. The standard InChI is InChI=1S/C15H21NO4/c1-3-13(15(18)19)16-14(17)8-5-9-20-12-7-4-6-11(2)10-12/h4,6-7,10,13H,3,5,8-9H2,1-2H3,(H,16,17)(H,18,19)/t13-/m1/s1. The molecule has 0 unspecified atom stereocenters. The zero-order chi connectivity index (χ0) is 15.0. The zero-order valence-electron chi connectivity index (χ0n) is 11.9. The van der Waals surface area contributed by atoms with Gasteiger partial charge in [0.25, 0.3) is 0 Å². The summed E-state index contributed by atoms with van der Waals surface area (Å²) in [6.45, 7) is 4.14. The van der Waals surface area contributed by atoms with Crippen molar-refractivity contribution in [1.82, 2.24) is 5.32 Å². The number of nitrogens with one attached hydrogen (secondary N) is 1. The third-order valence-electron chi connectivity index (χ3n) is 2.85. The van der Waals surface area contributed by atoms with Gasteiger partial charge in [-0.1, -0.05) is 19.1 Å². The van der Waals surface area contributed by atoms with Crippen molar-refractivity contribution in [2.75, 3.05) is 6.61 Å². The van der Waals surface area contributed by atoms with Crippen LogP contribution in [0, 0.1) is 6.92 Å². The molecule has 0 heterocycles. The van der Waals surface area contributed by atoms with Crippen LogP contribution in [0.1, 0.15) is 31.7 Å². The fraction of sp³-hybridized carbons (Fsp3) is 0.467. The Kier molecular flexibility index (Phi) is 6.56. The minimum Gasteiger partial charge on any atom is -0.494 e. The second-order valence-electron chi connectivity index (χ2n) is 4.64. The van der Waals surface area contributed by atoms with E-state index in [-0.39, 0.29) is 12.3 Å². The maximum absolute atomic E-state index is 11.6. The van der Waals surface area contributed by atoms with E-state index in [1.807, 2.05) is 31.2 Å². The number of carbonyl (C=O) groups excluding carboxylic acids is 1. The van der Waals surface area contributed by atoms with E-state index in [0.29, 0.717) is 19.4 Å². The van der Waals surface area contributed by atoms with Crippen LogP contribution in [0.5, 0.6) is 5.75 Å². The monoisotopic (exact) mass is 279 g/mol. The molecule has 0 fully saturated rings. The Morgan fingerprint density at radius 2 is 2.15 bits per heavy atom. The molecule has 1 atom stereocenters. The summed E-state index contributed by atoms with van der Waals surface area (Å²) >= 11 is 0. The summed E-state index contributed by atoms with van der Waals surface area (Å²) in [5, 5.41) is 11.3. The number of aryl methyl sites for hydroxylation is 1. The van der Waals surface area contributed by atoms with Gasteiger partial charge in [0.05, 0.1) is 6.61 Å². The largest absolute Gasteiger partial charge is 0.494 e. The second kappa shape index (κ2) is 8.19. The van der Waals surface area contributed by atoms with Gasteiger partial charge in [0.2, 0.25) is 5.91 Å². The van der Waals surface area contributed by atoms with E-state index in [4.69, 9.17) is 9.84 Å². The number of carboxylic acids is 1. The number of ether oxygens (including phenoxy) is 1. The predicted molar refractivity (Wildman–Crippen MR) is 75.8 cm³/mol. The summed E-state index contributed by atoms with van der Waals surface area (Å²) in [4.78, 5) is 22.3. The first-order chi connectivity index (χ1) is 9.52. The number of amides is 1. The number of carboxylic acid groups (broad SMARTS) is 1. The lowest BCUT2D eigenvalue weighted by Crippen LogP contribution is -2.40. The van der Waals surface area contributed by atoms with Gasteiger partial charge >= 0.3 is 5.97 Å². The molecule has 0 spiro atoms. The molecule has 0 saturated heterocycles. The van der Waals surface area contributed by atoms with Crippen molar-refractivity contribution in [2.24, 2.45) is 0 Å². The number of carbonyl (C=O) groups is 2. The summed E-state index contributed by atoms with van der Waals surface area (Å²) < 4.78 is 5.52. The molecule has 1 amide bonds. The molecule has 110 valence electrons. The van der Waals surface area contributed by atoms with Crippen LogP contribution in [0.4, 0.5) is 0 Å². The minimum atomic E-state index is -1.00. The minimum absolute atomic E-state index is 0.257. The molecule has 0 saturated carbocycles. The van der Waals surface area contributed by atoms with E-state index in [2.05, 4.69) is 5.32 Å². The molecule has 1 aromatic rings. The van der Waals surface area contributed by atoms with Crippen LogP contribution < -0.4 is 10.1 Å². The first-order valence-corrected chi connectivity index (χ1v) is 6.74. The maximum Gasteiger partial charge on any atom is 0.326 e. The Bertz CT molecular complexity index is 459. The van der Waals surface area contributed by atoms with E-state index >= 15 is 0 Å². The van der Waals surface area contributed by atoms with Crippen LogP contribution in [0.3, 0.4) is 0 Å². The van der Waals surface area contributed by atoms with E-state index < -0.39 is 12.0 Å². The van der Waals surface area contributed by atoms with Gasteiger partial charge in [0.1, 0.15) is 11.8 Å². The van der Waals surface area contributed by atoms with Crippen molar-refractivity contribution >= 4 is 11.9 Å². The normalized spacial score (nSPS) is 11.7. The second-order valence-corrected chi connectivity index (χ2v) is 4.64. The third kappa shape index (κ3) is 5.73. The van der Waals surface area contributed by atoms with E-state index in [1.165, 1.54) is 0 Å². The smallest absolute Gasteiger partial charge is 0.326 e. The van der Waals surface area contributed by atoms with E-state index in [9.17, 15) is 9.59 Å². The first kappa shape index (κ1) is 16.0. The predicted octanol–water partition coefficient (Wildman–Crippen LogP) is 2.13. The van der Waals surface area contributed by atoms with Gasteiger partial charge < -0.3 is 15.2 Å². The molecule has 1 rings (SSSR count). The fourth-order valence-corrected chi connectivity index (χ4v) is 1.73. The SMILES string of the molecule is CC[C@@H](NC(=O)CCCOc1cccc(C)c1)C(=O)O. The topological polar surface area (TPSA) is 75.6 Å². The molecule has 0 bridgehead atoms. The van der Waals surface area contributed by atoms with Gasteiger partial charge in [-0.2, -0.15) is 0 Å². The first-order valence-electron chi connectivity index (χ1n) is 6.74. The highest BCUT2D eigenvalue weighted by Gasteiger charge is 2.16. The van der Waals surface area contributed by atoms with Crippen LogP contribution >= 0.6 is 0 Å². The highest BCUT2D eigenvalue weighted by Crippen LogP contribution is 2.12. The molecule has 0 aromatic heterocycles. The van der Waals surface area contributed by atoms with Crippen LogP contribution in [0.2, 0.25) is 0 Å². The zero-order valence-corrected chi connectivity index (χ0v) is 11.9. The average Bonchev–Trinajstić information content (AvgIpc) is 2.40. The molecule has 0 aliphatic carbocycles. The van der Waals surface area contributed by atoms with Crippen molar-refractivity contribution in [3.8, 4) is 5.75 Å². The van der Waals surface area contributed by atoms with Gasteiger partial charge in [-0.15, -0.1) is 0 Å². The third-order valence-corrected chi connectivity index (χ3v) is 2.85. The summed E-state index contributed by atoms with van der Waals surface area (Å²) in [5.41, 5.74) is 1.12. The van der Waals surface area contributed by atoms with Crippen LogP contribution in [0.25, 0.3) is 0 Å². The molecule has 0 radical (unpaired) electrons. The quantitative estimate of drug-likeness (QED) is 0.715. The molecule has 0 aliphatic rings. The molecule has 2 N–H and O–H groups in total. The number of benzene rings is 1. The van der Waals surface area contributed by atoms with Gasteiger partial charge in [0.15, 0.2) is 0 Å². The van der Waals surface area contributed by atoms with E-state index in [1.54, 1.807) is 6.92 Å². The Balaban J connectivity index is 2.24. The molecule has 0 aliphatic heterocycles. The molecule has 1 aromatic carbocycles. The lowest BCUT2D eigenvalue weighted by molar-refractivity contribution is -0.141. The van der Waals surface area contributed by atoms with Crippen molar-refractivity contribution in [2.45, 2.75) is 39.2 Å². The van der Waals surface area contributed by atoms with Crippen molar-refractivity contribution in [3.63, 3.8) is 0 Å². The number of hydrogen-bond acceptors (Lipinski definition) is 3. The average molecular weight is 279 g/mol. The van der Waals surface area contributed by atoms with Gasteiger partial charge in [-0.3, -0.25) is 4.79 Å². The highest BCUT2D eigenvalue weighted by molar-refractivity contribution is 5.83. The molecule has 20 heavy (non-hydrogen) atoms. The molecule has 5 heteroatoms. The maximum atomic E-state index is 11.6. The Labute approximate surface area is 118 Å². The number of aliphatic carboxylic acids is 1. The molecule has 5 nitrogen and oxygen atoms in total. The van der Waals surface area contributed by atoms with Gasteiger partial charge in [-0.05, 0) is 37.5 Å². The van der Waals surface area contributed by atoms with Gasteiger partial charge in [-0.25, -0.2) is 4.79 Å².